The predicted octanol–water partition coefficient (Wildman–Crippen LogP) is 5.03. The lowest BCUT2D eigenvalue weighted by Crippen LogP contribution is -2.34. The molecule has 1 atom stereocenters. The molecular formula is C16H17Br2N3O2S. The number of nitrogens with zero attached hydrogens (tertiary/aromatic N) is 3. The zero-order chi connectivity index (χ0) is 17.4. The smallest absolute Gasteiger partial charge is 0.271 e. The van der Waals surface area contributed by atoms with Gasteiger partial charge in [0.15, 0.2) is 11.4 Å². The summed E-state index contributed by atoms with van der Waals surface area (Å²) < 4.78 is 1.60. The fraction of sp³-hybridized carbons (Fsp3) is 0.500. The molecule has 1 unspecified atom stereocenters. The van der Waals surface area contributed by atoms with Gasteiger partial charge in [0.2, 0.25) is 0 Å². The number of hydrogen-bond donors (Lipinski definition) is 0. The van der Waals surface area contributed by atoms with Crippen molar-refractivity contribution in [3.05, 3.63) is 19.0 Å². The number of aromatic nitrogens is 2. The van der Waals surface area contributed by atoms with E-state index >= 15 is 0 Å². The van der Waals surface area contributed by atoms with Crippen molar-refractivity contribution >= 4 is 66.0 Å². The number of thiophene rings is 1. The summed E-state index contributed by atoms with van der Waals surface area (Å²) in [5.41, 5.74) is 1.57. The van der Waals surface area contributed by atoms with Gasteiger partial charge in [0, 0.05) is 6.54 Å². The highest BCUT2D eigenvalue weighted by Crippen LogP contribution is 2.38. The van der Waals surface area contributed by atoms with E-state index in [-0.39, 0.29) is 23.2 Å². The second kappa shape index (κ2) is 7.17. The number of rotatable bonds is 6. The second-order valence-electron chi connectivity index (χ2n) is 5.90. The number of carbonyl (C=O) groups excluding carboxylic acids is 2. The van der Waals surface area contributed by atoms with E-state index in [9.17, 15) is 9.59 Å². The van der Waals surface area contributed by atoms with E-state index in [2.05, 4.69) is 55.7 Å². The SMILES string of the molecule is CCCCC(CC)CN1C(=O)c2nc3c(Br)sc(Br)c3nc2C1=O. The van der Waals surface area contributed by atoms with Gasteiger partial charge in [0.1, 0.15) is 11.0 Å². The van der Waals surface area contributed by atoms with Gasteiger partial charge in [-0.15, -0.1) is 11.3 Å². The standard InChI is InChI=1S/C16H17Br2N3O2S/c1-3-5-6-8(4-2)7-21-15(22)11-12(16(21)23)20-10-9(19-11)13(17)24-14(10)18/h8H,3-7H2,1-2H3. The van der Waals surface area contributed by atoms with Crippen LogP contribution in [0, 0.1) is 5.92 Å². The number of fused-ring (bicyclic) bond motifs is 2. The first kappa shape index (κ1) is 17.9. The van der Waals surface area contributed by atoms with Crippen molar-refractivity contribution in [3.8, 4) is 0 Å². The lowest BCUT2D eigenvalue weighted by molar-refractivity contribution is 0.0620. The average molecular weight is 475 g/mol. The highest BCUT2D eigenvalue weighted by atomic mass is 79.9. The zero-order valence-corrected chi connectivity index (χ0v) is 17.4. The van der Waals surface area contributed by atoms with Crippen molar-refractivity contribution in [2.24, 2.45) is 5.92 Å². The Morgan fingerprint density at radius 1 is 1.04 bits per heavy atom. The molecule has 5 nitrogen and oxygen atoms in total. The van der Waals surface area contributed by atoms with Gasteiger partial charge in [-0.1, -0.05) is 33.1 Å². The summed E-state index contributed by atoms with van der Waals surface area (Å²) in [6.07, 6.45) is 4.18. The maximum atomic E-state index is 12.7. The summed E-state index contributed by atoms with van der Waals surface area (Å²) in [6.45, 7) is 4.69. The van der Waals surface area contributed by atoms with Crippen LogP contribution in [0.5, 0.6) is 0 Å². The molecule has 2 amide bonds. The fourth-order valence-electron chi connectivity index (χ4n) is 2.87. The van der Waals surface area contributed by atoms with Crippen LogP contribution in [0.25, 0.3) is 11.0 Å². The first-order valence-corrected chi connectivity index (χ1v) is 10.4. The maximum Gasteiger partial charge on any atom is 0.281 e. The minimum Gasteiger partial charge on any atom is -0.271 e. The molecule has 0 radical (unpaired) electrons. The third kappa shape index (κ3) is 3.04. The largest absolute Gasteiger partial charge is 0.281 e. The number of imide groups is 1. The van der Waals surface area contributed by atoms with Crippen molar-refractivity contribution < 1.29 is 9.59 Å². The number of halogens is 2. The molecule has 1 aliphatic heterocycles. The van der Waals surface area contributed by atoms with E-state index in [1.807, 2.05) is 0 Å². The normalized spacial score (nSPS) is 15.4. The first-order valence-electron chi connectivity index (χ1n) is 7.99. The summed E-state index contributed by atoms with van der Waals surface area (Å²) in [4.78, 5) is 35.5. The van der Waals surface area contributed by atoms with Crippen LogP contribution < -0.4 is 0 Å². The molecule has 0 saturated heterocycles. The van der Waals surface area contributed by atoms with Crippen LogP contribution in [0.15, 0.2) is 7.57 Å². The van der Waals surface area contributed by atoms with Crippen molar-refractivity contribution in [1.29, 1.82) is 0 Å². The van der Waals surface area contributed by atoms with E-state index in [1.54, 1.807) is 0 Å². The Hall–Kier alpha value is -0.860. The fourth-order valence-corrected chi connectivity index (χ4v) is 5.68. The molecule has 3 heterocycles. The van der Waals surface area contributed by atoms with E-state index < -0.39 is 0 Å². The van der Waals surface area contributed by atoms with Crippen LogP contribution in [0.1, 0.15) is 60.5 Å². The average Bonchev–Trinajstić information content (AvgIpc) is 2.98. The van der Waals surface area contributed by atoms with E-state index in [4.69, 9.17) is 0 Å². The number of carbonyl (C=O) groups is 2. The number of hydrogen-bond acceptors (Lipinski definition) is 5. The number of unbranched alkanes of at least 4 members (excludes halogenated alkanes) is 1. The van der Waals surface area contributed by atoms with Gasteiger partial charge in [-0.3, -0.25) is 14.5 Å². The van der Waals surface area contributed by atoms with Gasteiger partial charge < -0.3 is 0 Å². The molecule has 1 aliphatic rings. The molecule has 2 aromatic heterocycles. The van der Waals surface area contributed by atoms with Crippen LogP contribution in [0.2, 0.25) is 0 Å². The summed E-state index contributed by atoms with van der Waals surface area (Å²) in [7, 11) is 0. The van der Waals surface area contributed by atoms with Gasteiger partial charge in [-0.25, -0.2) is 9.97 Å². The highest BCUT2D eigenvalue weighted by Gasteiger charge is 2.40. The summed E-state index contributed by atoms with van der Waals surface area (Å²) >= 11 is 8.30. The monoisotopic (exact) mass is 473 g/mol. The molecule has 128 valence electrons. The quantitative estimate of drug-likeness (QED) is 0.551. The highest BCUT2D eigenvalue weighted by molar-refractivity contribution is 9.12. The van der Waals surface area contributed by atoms with Crippen LogP contribution in [-0.2, 0) is 0 Å². The Morgan fingerprint density at radius 2 is 1.58 bits per heavy atom. The third-order valence-electron chi connectivity index (χ3n) is 4.33. The van der Waals surface area contributed by atoms with Crippen LogP contribution >= 0.6 is 43.2 Å². The summed E-state index contributed by atoms with van der Waals surface area (Å²) in [6, 6.07) is 0. The Balaban J connectivity index is 1.93. The molecule has 24 heavy (non-hydrogen) atoms. The molecular weight excluding hydrogens is 458 g/mol. The Bertz CT molecular complexity index is 765. The van der Waals surface area contributed by atoms with Gasteiger partial charge in [-0.2, -0.15) is 0 Å². The van der Waals surface area contributed by atoms with Gasteiger partial charge in [0.05, 0.1) is 7.57 Å². The maximum absolute atomic E-state index is 12.7. The topological polar surface area (TPSA) is 63.2 Å². The van der Waals surface area contributed by atoms with Crippen molar-refractivity contribution in [1.82, 2.24) is 14.9 Å². The minimum atomic E-state index is -0.325. The van der Waals surface area contributed by atoms with E-state index in [1.165, 1.54) is 16.2 Å². The van der Waals surface area contributed by atoms with Crippen LogP contribution in [-0.4, -0.2) is 33.2 Å². The van der Waals surface area contributed by atoms with Gasteiger partial charge in [-0.05, 0) is 44.2 Å². The molecule has 0 aromatic carbocycles. The van der Waals surface area contributed by atoms with Crippen LogP contribution in [0.4, 0.5) is 0 Å². The van der Waals surface area contributed by atoms with E-state index in [0.29, 0.717) is 23.5 Å². The van der Waals surface area contributed by atoms with E-state index in [0.717, 1.165) is 33.3 Å². The lowest BCUT2D eigenvalue weighted by Gasteiger charge is -2.20. The molecule has 0 saturated carbocycles. The van der Waals surface area contributed by atoms with Gasteiger partial charge in [0.25, 0.3) is 11.8 Å². The molecule has 8 heteroatoms. The molecule has 0 N–H and O–H groups in total. The van der Waals surface area contributed by atoms with Gasteiger partial charge >= 0.3 is 0 Å². The van der Waals surface area contributed by atoms with Crippen LogP contribution in [0.3, 0.4) is 0 Å². The van der Waals surface area contributed by atoms with Crippen molar-refractivity contribution in [2.75, 3.05) is 6.54 Å². The van der Waals surface area contributed by atoms with Crippen molar-refractivity contribution in [3.63, 3.8) is 0 Å². The summed E-state index contributed by atoms with van der Waals surface area (Å²) in [5.74, 6) is -0.326. The molecule has 3 rings (SSSR count). The first-order chi connectivity index (χ1) is 11.5. The molecule has 2 aromatic rings. The number of amides is 2. The zero-order valence-electron chi connectivity index (χ0n) is 13.4. The predicted molar refractivity (Wildman–Crippen MR) is 101 cm³/mol. The molecule has 0 spiro atoms. The lowest BCUT2D eigenvalue weighted by atomic mass is 9.99. The molecule has 0 fully saturated rings. The van der Waals surface area contributed by atoms with Crippen molar-refractivity contribution in [2.45, 2.75) is 39.5 Å². The Morgan fingerprint density at radius 3 is 2.04 bits per heavy atom. The Labute approximate surface area is 161 Å². The minimum absolute atomic E-state index is 0.170. The molecule has 0 aliphatic carbocycles. The second-order valence-corrected chi connectivity index (χ2v) is 9.56. The molecule has 0 bridgehead atoms. The summed E-state index contributed by atoms with van der Waals surface area (Å²) in [5, 5.41) is 0. The third-order valence-corrected chi connectivity index (χ3v) is 6.79. The Kier molecular flexibility index (Phi) is 5.36.